The summed E-state index contributed by atoms with van der Waals surface area (Å²) >= 11 is 0. The molecule has 4 fully saturated rings. The maximum atomic E-state index is 12.4. The standard InChI is InChI=1S/C23H32N2O2/c1-14-18-6-7-20-17-5-4-15-12-16(26)8-10-22(15,2)19(17)9-11-23(18,20)13-25(14)21(27)24-3/h8,10,12,14,17-20H,4-7,9,11,13H2,1-3H3,(H,24,27)/t14-,17+,18+,19-,20-,22-,23-/m0/s1. The van der Waals surface area contributed by atoms with Crippen molar-refractivity contribution in [2.45, 2.75) is 58.4 Å². The van der Waals surface area contributed by atoms with Gasteiger partial charge in [-0.05, 0) is 86.7 Å². The minimum atomic E-state index is 0.0707. The van der Waals surface area contributed by atoms with Gasteiger partial charge in [0.15, 0.2) is 5.78 Å². The Balaban J connectivity index is 1.47. The van der Waals surface area contributed by atoms with Gasteiger partial charge in [0.1, 0.15) is 0 Å². The monoisotopic (exact) mass is 368 g/mol. The van der Waals surface area contributed by atoms with Gasteiger partial charge in [0.25, 0.3) is 0 Å². The molecule has 1 aliphatic heterocycles. The molecule has 7 atom stereocenters. The van der Waals surface area contributed by atoms with Gasteiger partial charge in [-0.15, -0.1) is 0 Å². The van der Waals surface area contributed by atoms with Gasteiger partial charge >= 0.3 is 6.03 Å². The Morgan fingerprint density at radius 3 is 2.74 bits per heavy atom. The number of allylic oxidation sites excluding steroid dienone is 4. The molecule has 146 valence electrons. The zero-order valence-electron chi connectivity index (χ0n) is 16.8. The first kappa shape index (κ1) is 17.5. The van der Waals surface area contributed by atoms with Crippen LogP contribution in [-0.4, -0.2) is 36.3 Å². The first-order chi connectivity index (χ1) is 12.9. The van der Waals surface area contributed by atoms with Gasteiger partial charge in [-0.1, -0.05) is 18.6 Å². The Bertz CT molecular complexity index is 755. The summed E-state index contributed by atoms with van der Waals surface area (Å²) < 4.78 is 0. The average molecular weight is 369 g/mol. The van der Waals surface area contributed by atoms with Crippen LogP contribution >= 0.6 is 0 Å². The molecule has 0 bridgehead atoms. The number of nitrogens with one attached hydrogen (secondary N) is 1. The lowest BCUT2D eigenvalue weighted by Crippen LogP contribution is -2.51. The summed E-state index contributed by atoms with van der Waals surface area (Å²) in [4.78, 5) is 26.5. The van der Waals surface area contributed by atoms with E-state index >= 15 is 0 Å². The Kier molecular flexibility index (Phi) is 3.71. The number of carbonyl (C=O) groups is 2. The van der Waals surface area contributed by atoms with Crippen LogP contribution in [0.2, 0.25) is 0 Å². The molecule has 1 spiro atoms. The minimum absolute atomic E-state index is 0.0707. The number of rotatable bonds is 0. The number of fused-ring (bicyclic) bond motifs is 4. The minimum Gasteiger partial charge on any atom is -0.341 e. The second-order valence-corrected chi connectivity index (χ2v) is 9.98. The number of hydrogen-bond donors (Lipinski definition) is 1. The van der Waals surface area contributed by atoms with E-state index in [1.807, 2.05) is 6.08 Å². The molecule has 0 aromatic heterocycles. The summed E-state index contributed by atoms with van der Waals surface area (Å²) in [5.74, 6) is 2.96. The molecular weight excluding hydrogens is 336 g/mol. The second kappa shape index (κ2) is 5.71. The number of ketones is 1. The molecule has 0 aromatic rings. The van der Waals surface area contributed by atoms with Crippen LogP contribution in [0.15, 0.2) is 23.8 Å². The van der Waals surface area contributed by atoms with Crippen molar-refractivity contribution < 1.29 is 9.59 Å². The van der Waals surface area contributed by atoms with Gasteiger partial charge in [-0.2, -0.15) is 0 Å². The van der Waals surface area contributed by atoms with Crippen LogP contribution < -0.4 is 5.32 Å². The third-order valence-electron chi connectivity index (χ3n) is 9.35. The lowest BCUT2D eigenvalue weighted by Gasteiger charge is -2.56. The molecule has 1 N–H and O–H groups in total. The third-order valence-corrected chi connectivity index (χ3v) is 9.35. The zero-order chi connectivity index (χ0) is 19.0. The van der Waals surface area contributed by atoms with Gasteiger partial charge in [-0.3, -0.25) is 4.79 Å². The maximum absolute atomic E-state index is 12.4. The van der Waals surface area contributed by atoms with E-state index in [0.29, 0.717) is 23.3 Å². The molecule has 5 rings (SSSR count). The molecule has 1 saturated heterocycles. The number of likely N-dealkylation sites (tertiary alicyclic amines) is 1. The van der Waals surface area contributed by atoms with Crippen molar-refractivity contribution in [1.82, 2.24) is 10.2 Å². The van der Waals surface area contributed by atoms with Crippen LogP contribution in [0, 0.1) is 34.5 Å². The predicted molar refractivity (Wildman–Crippen MR) is 105 cm³/mol. The van der Waals surface area contributed by atoms with Crippen molar-refractivity contribution in [3.05, 3.63) is 23.8 Å². The van der Waals surface area contributed by atoms with E-state index in [9.17, 15) is 9.59 Å². The molecule has 4 aliphatic carbocycles. The number of nitrogens with zero attached hydrogens (tertiary/aromatic N) is 1. The molecule has 0 aromatic carbocycles. The van der Waals surface area contributed by atoms with Crippen molar-refractivity contribution in [1.29, 1.82) is 0 Å². The number of urea groups is 1. The largest absolute Gasteiger partial charge is 0.341 e. The van der Waals surface area contributed by atoms with Crippen LogP contribution in [-0.2, 0) is 4.79 Å². The predicted octanol–water partition coefficient (Wildman–Crippen LogP) is 3.93. The lowest BCUT2D eigenvalue weighted by molar-refractivity contribution is -0.111. The fourth-order valence-corrected chi connectivity index (χ4v) is 8.16. The number of amides is 2. The van der Waals surface area contributed by atoms with Gasteiger partial charge in [0, 0.05) is 25.0 Å². The fourth-order valence-electron chi connectivity index (χ4n) is 8.16. The van der Waals surface area contributed by atoms with Gasteiger partial charge in [0.2, 0.25) is 0 Å². The summed E-state index contributed by atoms with van der Waals surface area (Å²) in [7, 11) is 1.75. The molecule has 2 amide bonds. The normalized spacial score (nSPS) is 47.7. The van der Waals surface area contributed by atoms with E-state index in [2.05, 4.69) is 30.1 Å². The molecule has 27 heavy (non-hydrogen) atoms. The topological polar surface area (TPSA) is 49.4 Å². The first-order valence-electron chi connectivity index (χ1n) is 10.8. The molecule has 1 heterocycles. The van der Waals surface area contributed by atoms with E-state index in [1.54, 1.807) is 13.1 Å². The highest BCUT2D eigenvalue weighted by Gasteiger charge is 2.65. The van der Waals surface area contributed by atoms with Crippen molar-refractivity contribution in [3.8, 4) is 0 Å². The summed E-state index contributed by atoms with van der Waals surface area (Å²) in [6.45, 7) is 5.58. The summed E-state index contributed by atoms with van der Waals surface area (Å²) in [5, 5.41) is 2.86. The van der Waals surface area contributed by atoms with Crippen molar-refractivity contribution in [3.63, 3.8) is 0 Å². The van der Waals surface area contributed by atoms with E-state index in [0.717, 1.165) is 24.8 Å². The zero-order valence-corrected chi connectivity index (χ0v) is 16.8. The Hall–Kier alpha value is -1.58. The number of hydrogen-bond acceptors (Lipinski definition) is 2. The fraction of sp³-hybridized carbons (Fsp3) is 0.739. The molecule has 5 aliphatic rings. The van der Waals surface area contributed by atoms with E-state index in [1.165, 1.54) is 37.7 Å². The van der Waals surface area contributed by atoms with Gasteiger partial charge in [-0.25, -0.2) is 4.79 Å². The van der Waals surface area contributed by atoms with Crippen LogP contribution in [0.4, 0.5) is 4.79 Å². The molecule has 4 nitrogen and oxygen atoms in total. The lowest BCUT2D eigenvalue weighted by atomic mass is 9.47. The summed E-state index contributed by atoms with van der Waals surface area (Å²) in [6.07, 6.45) is 13.3. The van der Waals surface area contributed by atoms with Crippen molar-refractivity contribution >= 4 is 11.8 Å². The molecule has 0 unspecified atom stereocenters. The third kappa shape index (κ3) is 2.16. The summed E-state index contributed by atoms with van der Waals surface area (Å²) in [5.41, 5.74) is 1.77. The Morgan fingerprint density at radius 1 is 1.19 bits per heavy atom. The smallest absolute Gasteiger partial charge is 0.317 e. The van der Waals surface area contributed by atoms with Crippen LogP contribution in [0.3, 0.4) is 0 Å². The highest BCUT2D eigenvalue weighted by atomic mass is 16.2. The van der Waals surface area contributed by atoms with Gasteiger partial charge < -0.3 is 10.2 Å². The van der Waals surface area contributed by atoms with Crippen molar-refractivity contribution in [2.24, 2.45) is 34.5 Å². The second-order valence-electron chi connectivity index (χ2n) is 9.98. The highest BCUT2D eigenvalue weighted by Crippen LogP contribution is 2.68. The van der Waals surface area contributed by atoms with Crippen LogP contribution in [0.5, 0.6) is 0 Å². The Morgan fingerprint density at radius 2 is 1.96 bits per heavy atom. The van der Waals surface area contributed by atoms with E-state index in [4.69, 9.17) is 0 Å². The van der Waals surface area contributed by atoms with Gasteiger partial charge in [0.05, 0.1) is 0 Å². The van der Waals surface area contributed by atoms with Crippen molar-refractivity contribution in [2.75, 3.05) is 13.6 Å². The average Bonchev–Trinajstić information content (AvgIpc) is 3.16. The van der Waals surface area contributed by atoms with E-state index in [-0.39, 0.29) is 17.2 Å². The SMILES string of the molecule is CNC(=O)N1C[C@]23CC[C@H]4[C@@H](CCC5=CC(=O)C=C[C@@]54C)[C@@H]2CC[C@@H]3[C@@H]1C. The van der Waals surface area contributed by atoms with Crippen LogP contribution in [0.1, 0.15) is 52.4 Å². The molecule has 3 saturated carbocycles. The molecule has 0 radical (unpaired) electrons. The quantitative estimate of drug-likeness (QED) is 0.704. The maximum Gasteiger partial charge on any atom is 0.317 e. The Labute approximate surface area is 162 Å². The van der Waals surface area contributed by atoms with E-state index < -0.39 is 0 Å². The molecule has 4 heteroatoms. The summed E-state index contributed by atoms with van der Waals surface area (Å²) in [6, 6.07) is 0.454. The first-order valence-corrected chi connectivity index (χ1v) is 10.8. The highest BCUT2D eigenvalue weighted by molar-refractivity contribution is 6.01. The molecular formula is C23H32N2O2. The number of carbonyl (C=O) groups excluding carboxylic acids is 2. The van der Waals surface area contributed by atoms with Crippen LogP contribution in [0.25, 0.3) is 0 Å².